The smallest absolute Gasteiger partial charge is 0.331 e. The maximum absolute atomic E-state index is 13.4. The van der Waals surface area contributed by atoms with E-state index >= 15 is 0 Å². The SMILES string of the molecule is [CH]n1c(=O)n(C2CCN(S(=O)(=O)c3ccc(F)cc3Cl)CC2)c2ncc(N3CCOCC3)cc21. The number of morpholine rings is 1. The predicted octanol–water partition coefficient (Wildman–Crippen LogP) is 2.37. The Balaban J connectivity index is 1.39. The third-order valence-electron chi connectivity index (χ3n) is 6.41. The lowest BCUT2D eigenvalue weighted by Crippen LogP contribution is -2.40. The van der Waals surface area contributed by atoms with Crippen LogP contribution in [0.15, 0.2) is 40.2 Å². The molecular formula is C22H23ClFN5O4S. The van der Waals surface area contributed by atoms with E-state index in [1.54, 1.807) is 10.8 Å². The quantitative estimate of drug-likeness (QED) is 0.538. The van der Waals surface area contributed by atoms with Gasteiger partial charge in [0.2, 0.25) is 10.0 Å². The minimum absolute atomic E-state index is 0.137. The number of imidazole rings is 1. The van der Waals surface area contributed by atoms with Crippen molar-refractivity contribution in [3.05, 3.63) is 58.8 Å². The summed E-state index contributed by atoms with van der Waals surface area (Å²) >= 11 is 5.99. The normalized spacial score (nSPS) is 18.6. The minimum atomic E-state index is -3.89. The highest BCUT2D eigenvalue weighted by atomic mass is 35.5. The Morgan fingerprint density at radius 2 is 1.82 bits per heavy atom. The number of anilines is 1. The lowest BCUT2D eigenvalue weighted by atomic mass is 10.1. The number of ether oxygens (including phenoxy) is 1. The third-order valence-corrected chi connectivity index (χ3v) is 8.79. The molecule has 0 saturated carbocycles. The highest BCUT2D eigenvalue weighted by Crippen LogP contribution is 2.31. The summed E-state index contributed by atoms with van der Waals surface area (Å²) in [4.78, 5) is 19.5. The number of nitrogens with zero attached hydrogens (tertiary/aromatic N) is 5. The number of pyridine rings is 1. The van der Waals surface area contributed by atoms with Crippen molar-refractivity contribution in [3.63, 3.8) is 0 Å². The van der Waals surface area contributed by atoms with Crippen LogP contribution in [0.1, 0.15) is 18.9 Å². The van der Waals surface area contributed by atoms with Gasteiger partial charge in [0.1, 0.15) is 10.7 Å². The molecule has 34 heavy (non-hydrogen) atoms. The molecule has 180 valence electrons. The average Bonchev–Trinajstić information content (AvgIpc) is 3.09. The molecule has 3 aromatic rings. The van der Waals surface area contributed by atoms with Gasteiger partial charge in [-0.15, -0.1) is 0 Å². The maximum Gasteiger partial charge on any atom is 0.331 e. The van der Waals surface area contributed by atoms with E-state index in [0.29, 0.717) is 37.2 Å². The second-order valence-electron chi connectivity index (χ2n) is 8.37. The number of sulfonamides is 1. The van der Waals surface area contributed by atoms with E-state index in [1.165, 1.54) is 10.4 Å². The van der Waals surface area contributed by atoms with Gasteiger partial charge in [-0.2, -0.15) is 4.31 Å². The number of hydrogen-bond acceptors (Lipinski definition) is 6. The fraction of sp³-hybridized carbons (Fsp3) is 0.409. The van der Waals surface area contributed by atoms with Crippen LogP contribution in [-0.2, 0) is 14.8 Å². The van der Waals surface area contributed by atoms with E-state index in [1.807, 2.05) is 6.07 Å². The first-order valence-electron chi connectivity index (χ1n) is 10.9. The molecule has 0 N–H and O–H groups in total. The molecule has 2 radical (unpaired) electrons. The van der Waals surface area contributed by atoms with Gasteiger partial charge in [0.25, 0.3) is 0 Å². The first kappa shape index (κ1) is 23.3. The fourth-order valence-corrected chi connectivity index (χ4v) is 6.57. The van der Waals surface area contributed by atoms with Crippen molar-refractivity contribution in [1.29, 1.82) is 0 Å². The lowest BCUT2D eigenvalue weighted by molar-refractivity contribution is 0.122. The number of rotatable bonds is 4. The molecule has 0 atom stereocenters. The molecule has 12 heteroatoms. The van der Waals surface area contributed by atoms with E-state index < -0.39 is 21.5 Å². The molecule has 2 fully saturated rings. The number of halogens is 2. The lowest BCUT2D eigenvalue weighted by Gasteiger charge is -2.32. The van der Waals surface area contributed by atoms with Crippen molar-refractivity contribution in [2.45, 2.75) is 23.8 Å². The molecule has 2 aromatic heterocycles. The molecule has 0 bridgehead atoms. The molecule has 2 aliphatic heterocycles. The van der Waals surface area contributed by atoms with Gasteiger partial charge in [-0.1, -0.05) is 11.6 Å². The molecular weight excluding hydrogens is 485 g/mol. The summed E-state index contributed by atoms with van der Waals surface area (Å²) in [5.74, 6) is -0.607. The number of aromatic nitrogens is 3. The fourth-order valence-electron chi connectivity index (χ4n) is 4.60. The number of fused-ring (bicyclic) bond motifs is 1. The van der Waals surface area contributed by atoms with Crippen LogP contribution < -0.4 is 10.6 Å². The van der Waals surface area contributed by atoms with Crippen LogP contribution in [0.25, 0.3) is 11.2 Å². The Hall–Kier alpha value is -2.47. The predicted molar refractivity (Wildman–Crippen MR) is 125 cm³/mol. The van der Waals surface area contributed by atoms with E-state index in [2.05, 4.69) is 9.88 Å². The van der Waals surface area contributed by atoms with Gasteiger partial charge in [-0.05, 0) is 37.1 Å². The van der Waals surface area contributed by atoms with Crippen molar-refractivity contribution in [2.24, 2.45) is 0 Å². The zero-order chi connectivity index (χ0) is 24.0. The third kappa shape index (κ3) is 4.00. The van der Waals surface area contributed by atoms with Crippen molar-refractivity contribution >= 4 is 38.5 Å². The Morgan fingerprint density at radius 3 is 2.50 bits per heavy atom. The molecule has 0 aliphatic carbocycles. The summed E-state index contributed by atoms with van der Waals surface area (Å²) in [7, 11) is 2.20. The highest BCUT2D eigenvalue weighted by molar-refractivity contribution is 7.89. The average molecular weight is 508 g/mol. The molecule has 2 saturated heterocycles. The number of piperidine rings is 1. The zero-order valence-electron chi connectivity index (χ0n) is 18.2. The van der Waals surface area contributed by atoms with Crippen LogP contribution in [0.5, 0.6) is 0 Å². The summed E-state index contributed by atoms with van der Waals surface area (Å²) in [5, 5.41) is -0.162. The first-order valence-corrected chi connectivity index (χ1v) is 12.7. The maximum atomic E-state index is 13.4. The Labute approximate surface area is 201 Å². The van der Waals surface area contributed by atoms with Crippen LogP contribution in [0.3, 0.4) is 0 Å². The summed E-state index contributed by atoms with van der Waals surface area (Å²) in [6, 6.07) is 4.80. The van der Waals surface area contributed by atoms with E-state index in [0.717, 1.165) is 35.5 Å². The molecule has 4 heterocycles. The topological polar surface area (TPSA) is 89.7 Å². The second-order valence-corrected chi connectivity index (χ2v) is 10.7. The summed E-state index contributed by atoms with van der Waals surface area (Å²) in [6.45, 7) is 3.06. The summed E-state index contributed by atoms with van der Waals surface area (Å²) in [5.41, 5.74) is 1.45. The van der Waals surface area contributed by atoms with Crippen molar-refractivity contribution < 1.29 is 17.5 Å². The number of benzene rings is 1. The highest BCUT2D eigenvalue weighted by Gasteiger charge is 2.33. The standard InChI is InChI=1S/C22H23ClFN5O4S/c1-26-19-13-17(27-8-10-33-11-9-27)14-25-21(19)29(22(26)30)16-4-6-28(7-5-16)34(31,32)20-3-2-15(24)12-18(20)23/h1-3,12-14,16H,4-11H2. The van der Waals surface area contributed by atoms with Gasteiger partial charge in [0.05, 0.1) is 42.7 Å². The zero-order valence-corrected chi connectivity index (χ0v) is 19.8. The largest absolute Gasteiger partial charge is 0.378 e. The van der Waals surface area contributed by atoms with Crippen molar-refractivity contribution in [2.75, 3.05) is 44.3 Å². The monoisotopic (exact) mass is 507 g/mol. The van der Waals surface area contributed by atoms with Gasteiger partial charge >= 0.3 is 5.69 Å². The number of hydrogen-bond donors (Lipinski definition) is 0. The van der Waals surface area contributed by atoms with Crippen LogP contribution in [0.2, 0.25) is 5.02 Å². The van der Waals surface area contributed by atoms with E-state index in [4.69, 9.17) is 23.4 Å². The van der Waals surface area contributed by atoms with Crippen molar-refractivity contribution in [3.8, 4) is 0 Å². The van der Waals surface area contributed by atoms with Gasteiger partial charge in [-0.25, -0.2) is 22.6 Å². The van der Waals surface area contributed by atoms with Gasteiger partial charge in [0, 0.05) is 32.2 Å². The second kappa shape index (κ2) is 8.95. The first-order chi connectivity index (χ1) is 16.3. The van der Waals surface area contributed by atoms with Gasteiger partial charge in [-0.3, -0.25) is 9.13 Å². The summed E-state index contributed by atoms with van der Waals surface area (Å²) < 4.78 is 48.8. The molecule has 0 amide bonds. The van der Waals surface area contributed by atoms with Gasteiger partial charge < -0.3 is 9.64 Å². The molecule has 0 spiro atoms. The van der Waals surface area contributed by atoms with Crippen LogP contribution in [-0.4, -0.2) is 66.2 Å². The Bertz CT molecular complexity index is 1390. The molecule has 2 aliphatic rings. The Morgan fingerprint density at radius 1 is 1.12 bits per heavy atom. The van der Waals surface area contributed by atoms with E-state index in [9.17, 15) is 17.6 Å². The Kier molecular flexibility index (Phi) is 6.13. The minimum Gasteiger partial charge on any atom is -0.378 e. The molecule has 1 aromatic carbocycles. The molecule has 0 unspecified atom stereocenters. The van der Waals surface area contributed by atoms with E-state index in [-0.39, 0.29) is 29.0 Å². The molecule has 5 rings (SSSR count). The van der Waals surface area contributed by atoms with Crippen LogP contribution in [0.4, 0.5) is 10.1 Å². The van der Waals surface area contributed by atoms with Crippen LogP contribution >= 0.6 is 11.6 Å². The molecule has 9 nitrogen and oxygen atoms in total. The summed E-state index contributed by atoms with van der Waals surface area (Å²) in [6.07, 6.45) is 2.51. The van der Waals surface area contributed by atoms with Gasteiger partial charge in [0.15, 0.2) is 5.65 Å². The van der Waals surface area contributed by atoms with Crippen LogP contribution in [0, 0.1) is 12.9 Å². The van der Waals surface area contributed by atoms with Crippen molar-refractivity contribution in [1.82, 2.24) is 18.4 Å².